The van der Waals surface area contributed by atoms with Crippen molar-refractivity contribution in [2.75, 3.05) is 11.9 Å². The van der Waals surface area contributed by atoms with E-state index in [-0.39, 0.29) is 0 Å². The number of rotatable bonds is 1. The third-order valence-electron chi connectivity index (χ3n) is 2.55. The first-order valence-corrected chi connectivity index (χ1v) is 5.91. The summed E-state index contributed by atoms with van der Waals surface area (Å²) in [6.45, 7) is 0.952. The van der Waals surface area contributed by atoms with Gasteiger partial charge in [-0.05, 0) is 41.1 Å². The van der Waals surface area contributed by atoms with Gasteiger partial charge in [0.25, 0.3) is 0 Å². The highest BCUT2D eigenvalue weighted by atomic mass is 127. The van der Waals surface area contributed by atoms with Crippen molar-refractivity contribution < 1.29 is 4.52 Å². The molecule has 0 spiro atoms. The van der Waals surface area contributed by atoms with Crippen LogP contribution in [0.2, 0.25) is 0 Å². The van der Waals surface area contributed by atoms with Gasteiger partial charge in [-0.3, -0.25) is 0 Å². The number of nitrogens with one attached hydrogen (secondary N) is 1. The molecule has 0 radical (unpaired) electrons. The van der Waals surface area contributed by atoms with Crippen molar-refractivity contribution in [3.05, 3.63) is 33.4 Å². The molecule has 3 rings (SSSR count). The standard InChI is InChI=1S/C11H9IN2O/c12-8-3-1-2-7(6-8)10-9-4-5-13-11(9)15-14-10/h1-3,6,13H,4-5H2. The van der Waals surface area contributed by atoms with Gasteiger partial charge in [0.15, 0.2) is 0 Å². The highest BCUT2D eigenvalue weighted by molar-refractivity contribution is 14.1. The second-order valence-electron chi connectivity index (χ2n) is 3.53. The van der Waals surface area contributed by atoms with E-state index in [1.807, 2.05) is 6.07 Å². The average molecular weight is 312 g/mol. The first kappa shape index (κ1) is 9.21. The minimum absolute atomic E-state index is 0.837. The summed E-state index contributed by atoms with van der Waals surface area (Å²) in [5, 5.41) is 7.28. The molecule has 0 saturated heterocycles. The number of hydrogen-bond donors (Lipinski definition) is 1. The molecule has 1 aliphatic heterocycles. The van der Waals surface area contributed by atoms with Gasteiger partial charge in [0.05, 0.1) is 0 Å². The molecule has 2 heterocycles. The Kier molecular flexibility index (Phi) is 2.16. The second-order valence-corrected chi connectivity index (χ2v) is 4.77. The number of benzene rings is 1. The molecule has 0 aliphatic carbocycles. The number of aromatic nitrogens is 1. The molecule has 1 aromatic carbocycles. The lowest BCUT2D eigenvalue weighted by molar-refractivity contribution is 0.436. The fraction of sp³-hybridized carbons (Fsp3) is 0.182. The Morgan fingerprint density at radius 1 is 1.40 bits per heavy atom. The van der Waals surface area contributed by atoms with Crippen LogP contribution in [0.25, 0.3) is 11.3 Å². The molecule has 0 fully saturated rings. The zero-order chi connectivity index (χ0) is 10.3. The number of halogens is 1. The first-order chi connectivity index (χ1) is 7.34. The van der Waals surface area contributed by atoms with Gasteiger partial charge in [-0.25, -0.2) is 0 Å². The molecule has 0 saturated carbocycles. The molecule has 0 atom stereocenters. The van der Waals surface area contributed by atoms with Gasteiger partial charge in [-0.15, -0.1) is 0 Å². The van der Waals surface area contributed by atoms with Crippen molar-refractivity contribution in [2.24, 2.45) is 0 Å². The molecule has 2 aromatic rings. The first-order valence-electron chi connectivity index (χ1n) is 4.83. The van der Waals surface area contributed by atoms with Crippen LogP contribution in [0.5, 0.6) is 0 Å². The Morgan fingerprint density at radius 3 is 3.20 bits per heavy atom. The molecule has 0 amide bonds. The van der Waals surface area contributed by atoms with Crippen LogP contribution in [0.1, 0.15) is 5.56 Å². The molecule has 76 valence electrons. The number of fused-ring (bicyclic) bond motifs is 1. The van der Waals surface area contributed by atoms with E-state index in [4.69, 9.17) is 4.52 Å². The smallest absolute Gasteiger partial charge is 0.228 e. The van der Waals surface area contributed by atoms with E-state index in [9.17, 15) is 0 Å². The van der Waals surface area contributed by atoms with Gasteiger partial charge in [-0.2, -0.15) is 0 Å². The van der Waals surface area contributed by atoms with E-state index in [0.717, 1.165) is 30.1 Å². The van der Waals surface area contributed by atoms with Crippen LogP contribution in [-0.2, 0) is 6.42 Å². The van der Waals surface area contributed by atoms with E-state index < -0.39 is 0 Å². The zero-order valence-corrected chi connectivity index (χ0v) is 10.1. The van der Waals surface area contributed by atoms with E-state index in [1.54, 1.807) is 0 Å². The van der Waals surface area contributed by atoms with E-state index in [0.29, 0.717) is 0 Å². The Hall–Kier alpha value is -1.04. The Morgan fingerprint density at radius 2 is 2.33 bits per heavy atom. The summed E-state index contributed by atoms with van der Waals surface area (Å²) in [5.74, 6) is 0.837. The summed E-state index contributed by atoms with van der Waals surface area (Å²) >= 11 is 2.30. The van der Waals surface area contributed by atoms with Gasteiger partial charge in [0, 0.05) is 21.2 Å². The molecule has 1 aliphatic rings. The number of hydrogen-bond acceptors (Lipinski definition) is 3. The topological polar surface area (TPSA) is 38.1 Å². The lowest BCUT2D eigenvalue weighted by Gasteiger charge is -1.98. The zero-order valence-electron chi connectivity index (χ0n) is 7.96. The molecule has 0 unspecified atom stereocenters. The predicted molar refractivity (Wildman–Crippen MR) is 66.8 cm³/mol. The summed E-state index contributed by atoms with van der Waals surface area (Å²) in [6.07, 6.45) is 1.000. The second kappa shape index (κ2) is 3.52. The van der Waals surface area contributed by atoms with Crippen LogP contribution in [0.4, 0.5) is 5.88 Å². The number of anilines is 1. The fourth-order valence-corrected chi connectivity index (χ4v) is 2.39. The summed E-state index contributed by atoms with van der Waals surface area (Å²) in [7, 11) is 0. The predicted octanol–water partition coefficient (Wildman–Crippen LogP) is 2.91. The maximum absolute atomic E-state index is 5.24. The lowest BCUT2D eigenvalue weighted by Crippen LogP contribution is -1.92. The van der Waals surface area contributed by atoms with Crippen molar-refractivity contribution in [2.45, 2.75) is 6.42 Å². The normalized spacial score (nSPS) is 13.7. The van der Waals surface area contributed by atoms with Crippen LogP contribution in [0.3, 0.4) is 0 Å². The molecule has 3 nitrogen and oxygen atoms in total. The summed E-state index contributed by atoms with van der Waals surface area (Å²) in [4.78, 5) is 0. The molecule has 15 heavy (non-hydrogen) atoms. The van der Waals surface area contributed by atoms with Crippen molar-refractivity contribution >= 4 is 28.5 Å². The van der Waals surface area contributed by atoms with Crippen molar-refractivity contribution in [3.63, 3.8) is 0 Å². The minimum Gasteiger partial charge on any atom is -0.353 e. The molecule has 0 bridgehead atoms. The molecular formula is C11H9IN2O. The number of nitrogens with zero attached hydrogens (tertiary/aromatic N) is 1. The summed E-state index contributed by atoms with van der Waals surface area (Å²) < 4.78 is 6.45. The highest BCUT2D eigenvalue weighted by Gasteiger charge is 2.21. The van der Waals surface area contributed by atoms with E-state index in [1.165, 1.54) is 9.13 Å². The minimum atomic E-state index is 0.837. The van der Waals surface area contributed by atoms with Crippen LogP contribution >= 0.6 is 22.6 Å². The van der Waals surface area contributed by atoms with Gasteiger partial charge in [-0.1, -0.05) is 17.3 Å². The SMILES string of the molecule is Ic1cccc(-c2noc3c2CCN3)c1. The summed E-state index contributed by atoms with van der Waals surface area (Å²) in [6, 6.07) is 8.30. The van der Waals surface area contributed by atoms with Gasteiger partial charge in [0.2, 0.25) is 5.88 Å². The molecular weight excluding hydrogens is 303 g/mol. The third-order valence-corrected chi connectivity index (χ3v) is 3.22. The van der Waals surface area contributed by atoms with Crippen molar-refractivity contribution in [1.29, 1.82) is 0 Å². The maximum atomic E-state index is 5.24. The Balaban J connectivity index is 2.13. The maximum Gasteiger partial charge on any atom is 0.228 e. The van der Waals surface area contributed by atoms with Gasteiger partial charge >= 0.3 is 0 Å². The summed E-state index contributed by atoms with van der Waals surface area (Å²) in [5.41, 5.74) is 3.32. The van der Waals surface area contributed by atoms with Gasteiger partial charge < -0.3 is 9.84 Å². The Bertz CT molecular complexity index is 507. The third kappa shape index (κ3) is 1.52. The highest BCUT2D eigenvalue weighted by Crippen LogP contribution is 2.32. The van der Waals surface area contributed by atoms with E-state index >= 15 is 0 Å². The average Bonchev–Trinajstić information content (AvgIpc) is 2.77. The lowest BCUT2D eigenvalue weighted by atomic mass is 10.1. The molecule has 4 heteroatoms. The van der Waals surface area contributed by atoms with Crippen molar-refractivity contribution in [3.8, 4) is 11.3 Å². The monoisotopic (exact) mass is 312 g/mol. The Labute approximate surface area is 101 Å². The van der Waals surface area contributed by atoms with E-state index in [2.05, 4.69) is 51.3 Å². The fourth-order valence-electron chi connectivity index (χ4n) is 1.84. The van der Waals surface area contributed by atoms with Crippen molar-refractivity contribution in [1.82, 2.24) is 5.16 Å². The van der Waals surface area contributed by atoms with Gasteiger partial charge in [0.1, 0.15) is 5.69 Å². The molecule has 1 aromatic heterocycles. The van der Waals surface area contributed by atoms with Crippen LogP contribution in [-0.4, -0.2) is 11.7 Å². The largest absolute Gasteiger partial charge is 0.353 e. The molecule has 1 N–H and O–H groups in total. The van der Waals surface area contributed by atoms with Crippen LogP contribution < -0.4 is 5.32 Å². The van der Waals surface area contributed by atoms with Crippen LogP contribution in [0.15, 0.2) is 28.8 Å². The van der Waals surface area contributed by atoms with Crippen LogP contribution in [0, 0.1) is 3.57 Å². The quantitative estimate of drug-likeness (QED) is 0.823.